The number of aromatic nitrogens is 2. The second-order valence-corrected chi connectivity index (χ2v) is 6.01. The molecule has 0 unspecified atom stereocenters. The Labute approximate surface area is 158 Å². The van der Waals surface area contributed by atoms with Gasteiger partial charge in [0.05, 0.1) is 18.9 Å². The number of amides is 2. The number of para-hydroxylation sites is 2. The van der Waals surface area contributed by atoms with Crippen LogP contribution in [0.5, 0.6) is 11.5 Å². The summed E-state index contributed by atoms with van der Waals surface area (Å²) >= 11 is 0. The zero-order chi connectivity index (χ0) is 19.6. The molecule has 8 nitrogen and oxygen atoms in total. The zero-order valence-corrected chi connectivity index (χ0v) is 15.9. The van der Waals surface area contributed by atoms with Crippen molar-refractivity contribution < 1.29 is 19.1 Å². The van der Waals surface area contributed by atoms with Gasteiger partial charge in [-0.2, -0.15) is 5.10 Å². The summed E-state index contributed by atoms with van der Waals surface area (Å²) in [6.07, 6.45) is 0.747. The second-order valence-electron chi connectivity index (χ2n) is 6.01. The van der Waals surface area contributed by atoms with E-state index in [-0.39, 0.29) is 24.8 Å². The van der Waals surface area contributed by atoms with E-state index in [1.165, 1.54) is 0 Å². The number of hydrogen-bond acceptors (Lipinski definition) is 5. The number of rotatable bonds is 9. The maximum absolute atomic E-state index is 11.9. The normalized spacial score (nSPS) is 10.3. The Balaban J connectivity index is 1.65. The van der Waals surface area contributed by atoms with Gasteiger partial charge in [0.2, 0.25) is 5.91 Å². The number of carbonyl (C=O) groups is 2. The van der Waals surface area contributed by atoms with Gasteiger partial charge in [-0.25, -0.2) is 0 Å². The average molecular weight is 374 g/mol. The lowest BCUT2D eigenvalue weighted by molar-refractivity contribution is -0.129. The molecule has 0 aliphatic carbocycles. The standard InChI is InChI=1S/C19H26N4O4/c1-4-26-16-8-5-6-9-17(16)27-11-7-10-18(24)20-21-19(25)13-23-15(3)12-14(2)22-23/h5-6,8-9,12H,4,7,10-11,13H2,1-3H3,(H,20,24)(H,21,25). The predicted octanol–water partition coefficient (Wildman–Crippen LogP) is 1.91. The molecule has 146 valence electrons. The minimum Gasteiger partial charge on any atom is -0.490 e. The first-order chi connectivity index (χ1) is 13.0. The van der Waals surface area contributed by atoms with E-state index >= 15 is 0 Å². The van der Waals surface area contributed by atoms with Crippen molar-refractivity contribution in [3.63, 3.8) is 0 Å². The van der Waals surface area contributed by atoms with Crippen LogP contribution in [0.2, 0.25) is 0 Å². The minimum atomic E-state index is -0.337. The number of ether oxygens (including phenoxy) is 2. The van der Waals surface area contributed by atoms with Crippen molar-refractivity contribution in [3.8, 4) is 11.5 Å². The summed E-state index contributed by atoms with van der Waals surface area (Å²) in [4.78, 5) is 23.7. The number of hydrazine groups is 1. The van der Waals surface area contributed by atoms with Crippen LogP contribution in [0.1, 0.15) is 31.2 Å². The molecule has 27 heavy (non-hydrogen) atoms. The van der Waals surface area contributed by atoms with Crippen molar-refractivity contribution in [2.45, 2.75) is 40.2 Å². The molecule has 8 heteroatoms. The monoisotopic (exact) mass is 374 g/mol. The Hall–Kier alpha value is -3.03. The number of hydrogen-bond donors (Lipinski definition) is 2. The van der Waals surface area contributed by atoms with Gasteiger partial charge >= 0.3 is 0 Å². The maximum Gasteiger partial charge on any atom is 0.260 e. The maximum atomic E-state index is 11.9. The van der Waals surface area contributed by atoms with Crippen molar-refractivity contribution in [3.05, 3.63) is 41.7 Å². The largest absolute Gasteiger partial charge is 0.490 e. The fourth-order valence-corrected chi connectivity index (χ4v) is 2.47. The lowest BCUT2D eigenvalue weighted by atomic mass is 10.3. The second kappa shape index (κ2) is 10.2. The third kappa shape index (κ3) is 6.65. The Morgan fingerprint density at radius 3 is 2.37 bits per heavy atom. The van der Waals surface area contributed by atoms with E-state index < -0.39 is 0 Å². The van der Waals surface area contributed by atoms with Crippen molar-refractivity contribution in [2.24, 2.45) is 0 Å². The first-order valence-corrected chi connectivity index (χ1v) is 8.93. The van der Waals surface area contributed by atoms with Crippen LogP contribution in [0, 0.1) is 13.8 Å². The SMILES string of the molecule is CCOc1ccccc1OCCCC(=O)NNC(=O)Cn1nc(C)cc1C. The Morgan fingerprint density at radius 1 is 1.07 bits per heavy atom. The topological polar surface area (TPSA) is 94.5 Å². The lowest BCUT2D eigenvalue weighted by Crippen LogP contribution is -2.43. The third-order valence-electron chi connectivity index (χ3n) is 3.69. The molecule has 0 aliphatic rings. The lowest BCUT2D eigenvalue weighted by Gasteiger charge is -2.11. The van der Waals surface area contributed by atoms with Crippen LogP contribution in [-0.2, 0) is 16.1 Å². The fourth-order valence-electron chi connectivity index (χ4n) is 2.47. The smallest absolute Gasteiger partial charge is 0.260 e. The molecule has 0 atom stereocenters. The fraction of sp³-hybridized carbons (Fsp3) is 0.421. The minimum absolute atomic E-state index is 0.0529. The van der Waals surface area contributed by atoms with Crippen LogP contribution >= 0.6 is 0 Å². The van der Waals surface area contributed by atoms with Gasteiger partial charge in [0.15, 0.2) is 11.5 Å². The van der Waals surface area contributed by atoms with Crippen LogP contribution < -0.4 is 20.3 Å². The number of carbonyl (C=O) groups excluding carboxylic acids is 2. The molecule has 0 spiro atoms. The first-order valence-electron chi connectivity index (χ1n) is 8.93. The molecule has 2 N–H and O–H groups in total. The molecule has 0 aliphatic heterocycles. The number of nitrogens with zero attached hydrogens (tertiary/aromatic N) is 2. The van der Waals surface area contributed by atoms with Gasteiger partial charge in [-0.15, -0.1) is 0 Å². The van der Waals surface area contributed by atoms with E-state index in [9.17, 15) is 9.59 Å². The molecule has 2 amide bonds. The highest BCUT2D eigenvalue weighted by molar-refractivity contribution is 5.81. The van der Waals surface area contributed by atoms with E-state index in [0.29, 0.717) is 31.1 Å². The quantitative estimate of drug-likeness (QED) is 0.516. The Bertz CT molecular complexity index is 773. The molecule has 2 aromatic rings. The molecule has 0 fully saturated rings. The van der Waals surface area contributed by atoms with E-state index in [1.54, 1.807) is 4.68 Å². The van der Waals surface area contributed by atoms with E-state index in [2.05, 4.69) is 16.0 Å². The molecule has 1 aromatic heterocycles. The summed E-state index contributed by atoms with van der Waals surface area (Å²) in [5.41, 5.74) is 6.52. The summed E-state index contributed by atoms with van der Waals surface area (Å²) < 4.78 is 12.7. The van der Waals surface area contributed by atoms with Crippen LogP contribution in [-0.4, -0.2) is 34.8 Å². The van der Waals surface area contributed by atoms with Gasteiger partial charge in [-0.05, 0) is 45.4 Å². The van der Waals surface area contributed by atoms with Crippen molar-refractivity contribution in [1.82, 2.24) is 20.6 Å². The summed E-state index contributed by atoms with van der Waals surface area (Å²) in [7, 11) is 0. The molecule has 1 aromatic carbocycles. The van der Waals surface area contributed by atoms with Crippen LogP contribution in [0.3, 0.4) is 0 Å². The highest BCUT2D eigenvalue weighted by atomic mass is 16.5. The average Bonchev–Trinajstić information content (AvgIpc) is 2.95. The highest BCUT2D eigenvalue weighted by Gasteiger charge is 2.09. The van der Waals surface area contributed by atoms with Gasteiger partial charge in [0.1, 0.15) is 6.54 Å². The molecule has 0 bridgehead atoms. The van der Waals surface area contributed by atoms with Crippen LogP contribution in [0.4, 0.5) is 0 Å². The molecule has 0 saturated carbocycles. The number of nitrogens with one attached hydrogen (secondary N) is 2. The van der Waals surface area contributed by atoms with Gasteiger partial charge in [0.25, 0.3) is 5.91 Å². The molecule has 0 radical (unpaired) electrons. The third-order valence-corrected chi connectivity index (χ3v) is 3.69. The summed E-state index contributed by atoms with van der Waals surface area (Å²) in [5, 5.41) is 4.20. The molecule has 1 heterocycles. The van der Waals surface area contributed by atoms with Gasteiger partial charge in [-0.3, -0.25) is 25.1 Å². The molecule has 0 saturated heterocycles. The van der Waals surface area contributed by atoms with Crippen LogP contribution in [0.15, 0.2) is 30.3 Å². The molecule has 2 rings (SSSR count). The van der Waals surface area contributed by atoms with Gasteiger partial charge in [0, 0.05) is 12.1 Å². The Morgan fingerprint density at radius 2 is 1.74 bits per heavy atom. The van der Waals surface area contributed by atoms with E-state index in [0.717, 1.165) is 11.4 Å². The zero-order valence-electron chi connectivity index (χ0n) is 15.9. The molecular formula is C19H26N4O4. The van der Waals surface area contributed by atoms with Crippen LogP contribution in [0.25, 0.3) is 0 Å². The first kappa shape index (κ1) is 20.3. The van der Waals surface area contributed by atoms with Gasteiger partial charge < -0.3 is 9.47 Å². The predicted molar refractivity (Wildman–Crippen MR) is 100 cm³/mol. The van der Waals surface area contributed by atoms with Crippen molar-refractivity contribution in [1.29, 1.82) is 0 Å². The molecular weight excluding hydrogens is 348 g/mol. The van der Waals surface area contributed by atoms with E-state index in [1.807, 2.05) is 51.1 Å². The Kier molecular flexibility index (Phi) is 7.66. The number of benzene rings is 1. The van der Waals surface area contributed by atoms with E-state index in [4.69, 9.17) is 9.47 Å². The summed E-state index contributed by atoms with van der Waals surface area (Å²) in [6.45, 7) is 6.62. The summed E-state index contributed by atoms with van der Waals surface area (Å²) in [5.74, 6) is 0.716. The number of aryl methyl sites for hydroxylation is 2. The summed E-state index contributed by atoms with van der Waals surface area (Å²) in [6, 6.07) is 9.28. The van der Waals surface area contributed by atoms with Gasteiger partial charge in [-0.1, -0.05) is 12.1 Å². The highest BCUT2D eigenvalue weighted by Crippen LogP contribution is 2.26. The van der Waals surface area contributed by atoms with Crippen molar-refractivity contribution in [2.75, 3.05) is 13.2 Å². The van der Waals surface area contributed by atoms with Crippen molar-refractivity contribution >= 4 is 11.8 Å².